The quantitative estimate of drug-likeness (QED) is 0.397. The summed E-state index contributed by atoms with van der Waals surface area (Å²) in [5.41, 5.74) is 1.89. The van der Waals surface area contributed by atoms with Crippen molar-refractivity contribution in [3.63, 3.8) is 0 Å². The third-order valence-electron chi connectivity index (χ3n) is 6.55. The lowest BCUT2D eigenvalue weighted by atomic mass is 9.97. The van der Waals surface area contributed by atoms with Crippen molar-refractivity contribution in [3.8, 4) is 17.1 Å². The van der Waals surface area contributed by atoms with Crippen molar-refractivity contribution in [3.05, 3.63) is 58.4 Å². The molecule has 1 aliphatic rings. The zero-order chi connectivity index (χ0) is 25.2. The van der Waals surface area contributed by atoms with Crippen LogP contribution in [-0.2, 0) is 6.54 Å². The smallest absolute Gasteiger partial charge is 0.340 e. The normalized spacial score (nSPS) is 17.3. The highest BCUT2D eigenvalue weighted by Crippen LogP contribution is 2.28. The van der Waals surface area contributed by atoms with Crippen molar-refractivity contribution in [1.82, 2.24) is 14.5 Å². The van der Waals surface area contributed by atoms with Crippen LogP contribution in [0.5, 0.6) is 5.75 Å². The molecule has 4 rings (SSSR count). The van der Waals surface area contributed by atoms with E-state index in [-0.39, 0.29) is 22.6 Å². The summed E-state index contributed by atoms with van der Waals surface area (Å²) in [4.78, 5) is 20.8. The molecule has 5 nitrogen and oxygen atoms in total. The Balaban J connectivity index is 1.77. The topological polar surface area (TPSA) is 47.4 Å². The summed E-state index contributed by atoms with van der Waals surface area (Å²) in [7, 11) is 0. The van der Waals surface area contributed by atoms with Crippen molar-refractivity contribution in [2.24, 2.45) is 5.92 Å². The van der Waals surface area contributed by atoms with Gasteiger partial charge in [0.2, 0.25) is 0 Å². The Bertz CT molecular complexity index is 1240. The molecule has 1 fully saturated rings. The van der Waals surface area contributed by atoms with E-state index >= 15 is 0 Å². The van der Waals surface area contributed by atoms with Crippen LogP contribution in [0.25, 0.3) is 22.3 Å². The minimum absolute atomic E-state index is 0.0817. The van der Waals surface area contributed by atoms with Gasteiger partial charge in [0.1, 0.15) is 11.6 Å². The van der Waals surface area contributed by atoms with Crippen LogP contribution in [0, 0.1) is 12.8 Å². The van der Waals surface area contributed by atoms with Crippen LogP contribution < -0.4 is 10.3 Å². The van der Waals surface area contributed by atoms with Crippen molar-refractivity contribution in [2.45, 2.75) is 45.6 Å². The van der Waals surface area contributed by atoms with Crippen LogP contribution >= 0.6 is 0 Å². The summed E-state index contributed by atoms with van der Waals surface area (Å²) in [5.74, 6) is -3.56. The van der Waals surface area contributed by atoms with E-state index in [1.165, 1.54) is 18.2 Å². The number of benzene rings is 2. The summed E-state index contributed by atoms with van der Waals surface area (Å²) >= 11 is 0. The molecule has 0 bridgehead atoms. The van der Waals surface area contributed by atoms with Crippen LogP contribution in [0.15, 0.2) is 47.3 Å². The summed E-state index contributed by atoms with van der Waals surface area (Å²) < 4.78 is 58.3. The molecule has 1 atom stereocenters. The fourth-order valence-corrected chi connectivity index (χ4v) is 4.58. The average molecular weight is 492 g/mol. The third kappa shape index (κ3) is 5.50. The molecule has 0 spiro atoms. The molecule has 0 amide bonds. The molecule has 1 aromatic heterocycles. The van der Waals surface area contributed by atoms with E-state index in [1.54, 1.807) is 4.57 Å². The number of nitrogens with zero attached hydrogens (tertiary/aromatic N) is 3. The second-order valence-corrected chi connectivity index (χ2v) is 9.10. The Hall–Kier alpha value is -2.94. The largest absolute Gasteiger partial charge is 0.487 e. The van der Waals surface area contributed by atoms with Gasteiger partial charge in [-0.3, -0.25) is 9.36 Å². The van der Waals surface area contributed by atoms with Gasteiger partial charge >= 0.3 is 12.3 Å². The highest BCUT2D eigenvalue weighted by molar-refractivity contribution is 5.81. The summed E-state index contributed by atoms with van der Waals surface area (Å²) in [6, 6.07) is 11.9. The molecule has 0 saturated carbocycles. The second kappa shape index (κ2) is 10.4. The van der Waals surface area contributed by atoms with Gasteiger partial charge in [-0.15, -0.1) is 0 Å². The van der Waals surface area contributed by atoms with Crippen LogP contribution in [0.4, 0.5) is 17.6 Å². The van der Waals surface area contributed by atoms with Crippen molar-refractivity contribution >= 4 is 10.9 Å². The molecule has 0 aliphatic carbocycles. The molecule has 1 saturated heterocycles. The Morgan fingerprint density at radius 1 is 1.20 bits per heavy atom. The lowest BCUT2D eigenvalue weighted by molar-refractivity contribution is -0.148. The molecular formula is C26H29F4N3O2. The standard InChI is InChI=1S/C26H29F4N3O2/c1-3-32-12-6-8-18(14-32)15-33-23(20-9-5-4-7-17(20)2)31-22-11-10-19(13-21(22)24(33)34)35-16-26(29,30)25(27)28/h4-5,7,9-11,13,18,25H,3,6,8,12,14-16H2,1-2H3/t18-/m0/s1. The number of fused-ring (bicyclic) bond motifs is 1. The predicted octanol–water partition coefficient (Wildman–Crippen LogP) is 5.38. The van der Waals surface area contributed by atoms with Crippen molar-refractivity contribution < 1.29 is 22.3 Å². The number of hydrogen-bond donors (Lipinski definition) is 0. The van der Waals surface area contributed by atoms with E-state index in [1.807, 2.05) is 31.2 Å². The molecule has 0 radical (unpaired) electrons. The minimum atomic E-state index is -4.28. The van der Waals surface area contributed by atoms with E-state index in [0.717, 1.165) is 43.6 Å². The molecule has 188 valence electrons. The van der Waals surface area contributed by atoms with Crippen molar-refractivity contribution in [1.29, 1.82) is 0 Å². The molecule has 35 heavy (non-hydrogen) atoms. The first-order chi connectivity index (χ1) is 16.7. The fraction of sp³-hybridized carbons (Fsp3) is 0.462. The number of aryl methyl sites for hydroxylation is 1. The van der Waals surface area contributed by atoms with Gasteiger partial charge in [0.15, 0.2) is 6.61 Å². The van der Waals surface area contributed by atoms with Gasteiger partial charge < -0.3 is 9.64 Å². The molecule has 2 aromatic carbocycles. The second-order valence-electron chi connectivity index (χ2n) is 9.10. The van der Waals surface area contributed by atoms with Gasteiger partial charge in [0, 0.05) is 18.7 Å². The first-order valence-electron chi connectivity index (χ1n) is 11.8. The Morgan fingerprint density at radius 3 is 2.69 bits per heavy atom. The van der Waals surface area contributed by atoms with Gasteiger partial charge in [-0.05, 0) is 62.5 Å². The van der Waals surface area contributed by atoms with Gasteiger partial charge in [0.05, 0.1) is 10.9 Å². The number of piperidine rings is 1. The maximum absolute atomic E-state index is 13.7. The molecular weight excluding hydrogens is 462 g/mol. The summed E-state index contributed by atoms with van der Waals surface area (Å²) in [6.07, 6.45) is -1.80. The molecule has 0 unspecified atom stereocenters. The minimum Gasteiger partial charge on any atom is -0.487 e. The van der Waals surface area contributed by atoms with E-state index in [9.17, 15) is 22.4 Å². The van der Waals surface area contributed by atoms with E-state index < -0.39 is 19.0 Å². The van der Waals surface area contributed by atoms with Crippen molar-refractivity contribution in [2.75, 3.05) is 26.2 Å². The Kier molecular flexibility index (Phi) is 7.44. The van der Waals surface area contributed by atoms with E-state index in [2.05, 4.69) is 11.8 Å². The number of aromatic nitrogens is 2. The van der Waals surface area contributed by atoms with Gasteiger partial charge in [-0.1, -0.05) is 31.2 Å². The van der Waals surface area contributed by atoms with Crippen LogP contribution in [0.3, 0.4) is 0 Å². The zero-order valence-electron chi connectivity index (χ0n) is 19.8. The molecule has 2 heterocycles. The Labute approximate surface area is 201 Å². The summed E-state index contributed by atoms with van der Waals surface area (Å²) in [6.45, 7) is 5.91. The maximum Gasteiger partial charge on any atom is 0.340 e. The summed E-state index contributed by atoms with van der Waals surface area (Å²) in [5, 5.41) is 0.198. The van der Waals surface area contributed by atoms with Crippen LogP contribution in [0.1, 0.15) is 25.3 Å². The zero-order valence-corrected chi connectivity index (χ0v) is 19.8. The number of hydrogen-bond acceptors (Lipinski definition) is 4. The van der Waals surface area contributed by atoms with Crippen LogP contribution in [-0.4, -0.2) is 53.0 Å². The lowest BCUT2D eigenvalue weighted by Gasteiger charge is -2.32. The SMILES string of the molecule is CCN1CCC[C@H](Cn2c(-c3ccccc3C)nc3ccc(OCC(F)(F)C(F)F)cc3c2=O)C1. The monoisotopic (exact) mass is 491 g/mol. The van der Waals surface area contributed by atoms with E-state index in [4.69, 9.17) is 9.72 Å². The number of rotatable bonds is 8. The molecule has 9 heteroatoms. The van der Waals surface area contributed by atoms with Gasteiger partial charge in [0.25, 0.3) is 5.56 Å². The molecule has 3 aromatic rings. The molecule has 1 aliphatic heterocycles. The predicted molar refractivity (Wildman–Crippen MR) is 127 cm³/mol. The lowest BCUT2D eigenvalue weighted by Crippen LogP contribution is -2.38. The highest BCUT2D eigenvalue weighted by Gasteiger charge is 2.41. The first-order valence-corrected chi connectivity index (χ1v) is 11.8. The fourth-order valence-electron chi connectivity index (χ4n) is 4.58. The number of halogens is 4. The van der Waals surface area contributed by atoms with E-state index in [0.29, 0.717) is 17.9 Å². The highest BCUT2D eigenvalue weighted by atomic mass is 19.3. The average Bonchev–Trinajstić information content (AvgIpc) is 2.85. The number of alkyl halides is 4. The Morgan fingerprint density at radius 2 is 1.97 bits per heavy atom. The maximum atomic E-state index is 13.7. The molecule has 0 N–H and O–H groups in total. The van der Waals surface area contributed by atoms with Gasteiger partial charge in [-0.25, -0.2) is 13.8 Å². The van der Waals surface area contributed by atoms with Gasteiger partial charge in [-0.2, -0.15) is 8.78 Å². The third-order valence-corrected chi connectivity index (χ3v) is 6.55. The number of ether oxygens (including phenoxy) is 1. The first kappa shape index (κ1) is 25.2. The number of likely N-dealkylation sites (tertiary alicyclic amines) is 1. The van der Waals surface area contributed by atoms with Crippen LogP contribution in [0.2, 0.25) is 0 Å².